The summed E-state index contributed by atoms with van der Waals surface area (Å²) < 4.78 is 74.2. The molecule has 0 unspecified atom stereocenters. The van der Waals surface area contributed by atoms with Crippen molar-refractivity contribution in [3.05, 3.63) is 57.7 Å². The average Bonchev–Trinajstić information content (AvgIpc) is 3.60. The minimum absolute atomic E-state index is 0.279. The number of hydrogen-bond acceptors (Lipinski definition) is 1. The van der Waals surface area contributed by atoms with Gasteiger partial charge in [0.05, 0.1) is 0 Å². The maximum absolute atomic E-state index is 17.1. The summed E-state index contributed by atoms with van der Waals surface area (Å²) in [5, 5.41) is 0. The van der Waals surface area contributed by atoms with Gasteiger partial charge in [-0.25, -0.2) is 8.78 Å². The number of halogens is 4. The fourth-order valence-corrected chi connectivity index (χ4v) is 18.6. The van der Waals surface area contributed by atoms with Crippen LogP contribution in [0.3, 0.4) is 0 Å². The van der Waals surface area contributed by atoms with Crippen LogP contribution in [-0.2, 0) is 25.7 Å². The van der Waals surface area contributed by atoms with Gasteiger partial charge < -0.3 is 4.74 Å². The van der Waals surface area contributed by atoms with E-state index in [1.807, 2.05) is 0 Å². The van der Waals surface area contributed by atoms with Crippen LogP contribution < -0.4 is 4.74 Å². The summed E-state index contributed by atoms with van der Waals surface area (Å²) in [6.07, 6.45) is 61.4. The molecule has 0 amide bonds. The molecule has 0 radical (unpaired) electrons. The lowest BCUT2D eigenvalue weighted by atomic mass is 9.68. The Morgan fingerprint density at radius 3 is 0.831 bits per heavy atom. The van der Waals surface area contributed by atoms with Crippen LogP contribution in [0, 0.1) is 94.3 Å². The molecular weight excluding hydrogens is 1030 g/mol. The molecule has 5 heteroatoms. The van der Waals surface area contributed by atoms with Crippen molar-refractivity contribution in [1.29, 1.82) is 0 Å². The highest BCUT2D eigenvalue weighted by Crippen LogP contribution is 2.47. The van der Waals surface area contributed by atoms with Gasteiger partial charge in [-0.1, -0.05) is 233 Å². The maximum atomic E-state index is 17.1. The lowest BCUT2D eigenvalue weighted by molar-refractivity contribution is 0.140. The number of rotatable bonds is 34. The van der Waals surface area contributed by atoms with E-state index in [2.05, 4.69) is 27.7 Å². The first-order valence-electron chi connectivity index (χ1n) is 37.3. The molecule has 2 aromatic rings. The summed E-state index contributed by atoms with van der Waals surface area (Å²) in [7, 11) is 0. The second-order valence-electron chi connectivity index (χ2n) is 30.2. The SMILES string of the molecule is CCCCCCCC1CCC(C2CCC(CCc3c(CC4CCC(CCCCC)CC4)cc(Oc4cc(CC5CCC(CCCCC)CC5)c(CCC5CCC(C6CCC(CCCCCCC)CC6)CC5)c(F)c4F)c(F)c3F)CC2)CC1. The quantitative estimate of drug-likeness (QED) is 0.0501. The van der Waals surface area contributed by atoms with Gasteiger partial charge in [-0.15, -0.1) is 0 Å². The van der Waals surface area contributed by atoms with Crippen molar-refractivity contribution in [2.75, 3.05) is 0 Å². The average molecular weight is 1160 g/mol. The van der Waals surface area contributed by atoms with Crippen molar-refractivity contribution >= 4 is 0 Å². The molecule has 2 aromatic carbocycles. The molecule has 6 fully saturated rings. The van der Waals surface area contributed by atoms with Crippen molar-refractivity contribution < 1.29 is 22.3 Å². The molecule has 0 atom stereocenters. The highest BCUT2D eigenvalue weighted by atomic mass is 19.2. The first-order valence-corrected chi connectivity index (χ1v) is 37.3. The van der Waals surface area contributed by atoms with E-state index in [4.69, 9.17) is 4.74 Å². The van der Waals surface area contributed by atoms with E-state index in [-0.39, 0.29) is 11.5 Å². The van der Waals surface area contributed by atoms with E-state index in [0.29, 0.717) is 60.5 Å². The standard InChI is InChI=1S/C78H126F4O/c1-5-9-13-15-19-23-59-33-43-65(44-34-59)67-47-37-61(38-48-67)41-51-71-69(53-63-29-25-57(26-30-63)21-17-11-7-3)55-73(77(81)75(71)79)83-74-56-70(54-64-31-27-58(28-32-64)22-18-12-8-4)72(76(80)78(74)82)52-42-62-39-49-68(50-40-62)66-45-35-60(36-46-66)24-20-16-14-10-6-2/h55-68H,5-54H2,1-4H3. The number of ether oxygens (including phenoxy) is 1. The zero-order chi connectivity index (χ0) is 58.2. The van der Waals surface area contributed by atoms with Crippen molar-refractivity contribution in [2.45, 2.75) is 349 Å². The van der Waals surface area contributed by atoms with Crippen LogP contribution in [0.5, 0.6) is 11.5 Å². The molecular formula is C78H126F4O. The molecule has 6 aliphatic rings. The highest BCUT2D eigenvalue weighted by Gasteiger charge is 2.35. The molecule has 1 nitrogen and oxygen atoms in total. The molecule has 8 rings (SSSR count). The van der Waals surface area contributed by atoms with E-state index in [1.165, 1.54) is 257 Å². The molecule has 6 saturated carbocycles. The molecule has 6 aliphatic carbocycles. The molecule has 83 heavy (non-hydrogen) atoms. The van der Waals surface area contributed by atoms with Crippen LogP contribution in [0.4, 0.5) is 17.6 Å². The van der Waals surface area contributed by atoms with Gasteiger partial charge in [-0.2, -0.15) is 8.78 Å². The normalized spacial score (nSPS) is 29.1. The predicted molar refractivity (Wildman–Crippen MR) is 345 cm³/mol. The lowest BCUT2D eigenvalue weighted by Crippen LogP contribution is -2.26. The monoisotopic (exact) mass is 1150 g/mol. The lowest BCUT2D eigenvalue weighted by Gasteiger charge is -2.38. The maximum Gasteiger partial charge on any atom is 0.201 e. The summed E-state index contributed by atoms with van der Waals surface area (Å²) in [5.74, 6) is 4.32. The molecule has 0 N–H and O–H groups in total. The third-order valence-corrected chi connectivity index (χ3v) is 24.3. The van der Waals surface area contributed by atoms with Crippen molar-refractivity contribution in [2.24, 2.45) is 71.0 Å². The fraction of sp³-hybridized carbons (Fsp3) is 0.846. The minimum Gasteiger partial charge on any atom is -0.451 e. The molecule has 472 valence electrons. The van der Waals surface area contributed by atoms with Crippen molar-refractivity contribution in [3.8, 4) is 11.5 Å². The number of hydrogen-bond donors (Lipinski definition) is 0. The van der Waals surface area contributed by atoms with Crippen LogP contribution in [-0.4, -0.2) is 0 Å². The third-order valence-electron chi connectivity index (χ3n) is 24.3. The van der Waals surface area contributed by atoms with E-state index >= 15 is 17.6 Å². The molecule has 0 heterocycles. The van der Waals surface area contributed by atoms with Gasteiger partial charge in [0.1, 0.15) is 0 Å². The first-order chi connectivity index (χ1) is 40.6. The summed E-state index contributed by atoms with van der Waals surface area (Å²) in [6.45, 7) is 9.15. The Morgan fingerprint density at radius 1 is 0.289 bits per heavy atom. The van der Waals surface area contributed by atoms with Gasteiger partial charge in [0, 0.05) is 0 Å². The molecule has 0 spiro atoms. The summed E-state index contributed by atoms with van der Waals surface area (Å²) in [4.78, 5) is 0. The minimum atomic E-state index is -1.04. The Labute approximate surface area is 508 Å². The molecule has 0 saturated heterocycles. The topological polar surface area (TPSA) is 9.23 Å². The number of unbranched alkanes of at least 4 members (excludes halogenated alkanes) is 12. The first kappa shape index (κ1) is 66.9. The van der Waals surface area contributed by atoms with Gasteiger partial charge in [-0.05, 0) is 221 Å². The second-order valence-corrected chi connectivity index (χ2v) is 30.2. The highest BCUT2D eigenvalue weighted by molar-refractivity contribution is 5.45. The molecule has 0 bridgehead atoms. The zero-order valence-corrected chi connectivity index (χ0v) is 54.4. The third kappa shape index (κ3) is 21.0. The summed E-state index contributed by atoms with van der Waals surface area (Å²) in [5.41, 5.74) is 2.67. The number of benzene rings is 2. The van der Waals surface area contributed by atoms with Crippen LogP contribution in [0.1, 0.15) is 345 Å². The van der Waals surface area contributed by atoms with E-state index < -0.39 is 23.3 Å². The Kier molecular flexibility index (Phi) is 29.4. The zero-order valence-electron chi connectivity index (χ0n) is 54.4. The van der Waals surface area contributed by atoms with Gasteiger partial charge in [0.15, 0.2) is 23.1 Å². The van der Waals surface area contributed by atoms with Gasteiger partial charge >= 0.3 is 0 Å². The molecule has 0 aromatic heterocycles. The largest absolute Gasteiger partial charge is 0.451 e. The smallest absolute Gasteiger partial charge is 0.201 e. The van der Waals surface area contributed by atoms with Crippen LogP contribution in [0.25, 0.3) is 0 Å². The van der Waals surface area contributed by atoms with Gasteiger partial charge in [0.25, 0.3) is 0 Å². The Hall–Kier alpha value is -2.04. The van der Waals surface area contributed by atoms with Crippen molar-refractivity contribution in [1.82, 2.24) is 0 Å². The van der Waals surface area contributed by atoms with E-state index in [0.717, 1.165) is 97.0 Å². The summed E-state index contributed by atoms with van der Waals surface area (Å²) >= 11 is 0. The van der Waals surface area contributed by atoms with E-state index in [1.54, 1.807) is 12.1 Å². The van der Waals surface area contributed by atoms with Gasteiger partial charge in [-0.3, -0.25) is 0 Å². The Balaban J connectivity index is 0.930. The second kappa shape index (κ2) is 36.4. The van der Waals surface area contributed by atoms with Crippen LogP contribution in [0.2, 0.25) is 0 Å². The van der Waals surface area contributed by atoms with Crippen molar-refractivity contribution in [3.63, 3.8) is 0 Å². The summed E-state index contributed by atoms with van der Waals surface area (Å²) in [6, 6.07) is 3.45. The Morgan fingerprint density at radius 2 is 0.530 bits per heavy atom. The van der Waals surface area contributed by atoms with Crippen LogP contribution >= 0.6 is 0 Å². The van der Waals surface area contributed by atoms with E-state index in [9.17, 15) is 0 Å². The van der Waals surface area contributed by atoms with Crippen LogP contribution in [0.15, 0.2) is 12.1 Å². The predicted octanol–water partition coefficient (Wildman–Crippen LogP) is 25.7. The molecule has 0 aliphatic heterocycles. The van der Waals surface area contributed by atoms with Gasteiger partial charge in [0.2, 0.25) is 11.6 Å². The fourth-order valence-electron chi connectivity index (χ4n) is 18.6. The Bertz CT molecular complexity index is 1940.